The number of aromatic amines is 1. The summed E-state index contributed by atoms with van der Waals surface area (Å²) in [6.07, 6.45) is 6.27. The van der Waals surface area contributed by atoms with Crippen LogP contribution in [0.5, 0.6) is 0 Å². The molecule has 0 spiro atoms. The first-order valence-electron chi connectivity index (χ1n) is 11.7. The average molecular weight is 436 g/mol. The van der Waals surface area contributed by atoms with Crippen LogP contribution in [-0.2, 0) is 17.7 Å². The molecule has 1 fully saturated rings. The number of nitrogens with zero attached hydrogens (tertiary/aromatic N) is 3. The highest BCUT2D eigenvalue weighted by atomic mass is 16.5. The van der Waals surface area contributed by atoms with E-state index in [9.17, 15) is 4.79 Å². The first-order valence-corrected chi connectivity index (χ1v) is 11.7. The summed E-state index contributed by atoms with van der Waals surface area (Å²) in [7, 11) is 0. The molecule has 3 aromatic rings. The van der Waals surface area contributed by atoms with Crippen molar-refractivity contribution < 1.29 is 9.53 Å². The molecular weight excluding hydrogens is 402 g/mol. The summed E-state index contributed by atoms with van der Waals surface area (Å²) in [5.41, 5.74) is 4.19. The molecule has 0 aliphatic carbocycles. The highest BCUT2D eigenvalue weighted by Gasteiger charge is 2.27. The number of aromatic nitrogens is 3. The SMILES string of the molecule is CCCCN(Cc1ccccc1)C(=O)c1c(CC)nc2[nH]ncc2c1NC1CCOCC1. The smallest absolute Gasteiger partial charge is 0.258 e. The maximum absolute atomic E-state index is 14.1. The number of hydrogen-bond donors (Lipinski definition) is 2. The number of carbonyl (C=O) groups excluding carboxylic acids is 1. The number of rotatable bonds is 9. The lowest BCUT2D eigenvalue weighted by Crippen LogP contribution is -2.34. The van der Waals surface area contributed by atoms with Gasteiger partial charge in [0.15, 0.2) is 5.65 Å². The van der Waals surface area contributed by atoms with Crippen molar-refractivity contribution >= 4 is 22.6 Å². The van der Waals surface area contributed by atoms with Gasteiger partial charge in [-0.3, -0.25) is 9.89 Å². The highest BCUT2D eigenvalue weighted by Crippen LogP contribution is 2.31. The van der Waals surface area contributed by atoms with Gasteiger partial charge in [-0.1, -0.05) is 50.6 Å². The largest absolute Gasteiger partial charge is 0.381 e. The van der Waals surface area contributed by atoms with Crippen molar-refractivity contribution in [3.8, 4) is 0 Å². The van der Waals surface area contributed by atoms with E-state index in [-0.39, 0.29) is 11.9 Å². The van der Waals surface area contributed by atoms with Crippen LogP contribution >= 0.6 is 0 Å². The van der Waals surface area contributed by atoms with Gasteiger partial charge in [-0.2, -0.15) is 5.10 Å². The first-order chi connectivity index (χ1) is 15.7. The molecule has 32 heavy (non-hydrogen) atoms. The average Bonchev–Trinajstić information content (AvgIpc) is 3.31. The van der Waals surface area contributed by atoms with E-state index in [1.54, 1.807) is 6.20 Å². The van der Waals surface area contributed by atoms with Gasteiger partial charge in [0.1, 0.15) is 0 Å². The summed E-state index contributed by atoms with van der Waals surface area (Å²) in [4.78, 5) is 20.8. The number of pyridine rings is 1. The fourth-order valence-electron chi connectivity index (χ4n) is 4.26. The summed E-state index contributed by atoms with van der Waals surface area (Å²) in [5.74, 6) is 0.0318. The topological polar surface area (TPSA) is 83.1 Å². The Kier molecular flexibility index (Phi) is 7.37. The lowest BCUT2D eigenvalue weighted by Gasteiger charge is -2.28. The number of anilines is 1. The van der Waals surface area contributed by atoms with Gasteiger partial charge in [0.2, 0.25) is 0 Å². The van der Waals surface area contributed by atoms with Gasteiger partial charge in [0.25, 0.3) is 5.91 Å². The molecule has 3 heterocycles. The van der Waals surface area contributed by atoms with E-state index in [0.29, 0.717) is 25.1 Å². The van der Waals surface area contributed by atoms with E-state index in [0.717, 1.165) is 66.9 Å². The van der Waals surface area contributed by atoms with Crippen LogP contribution in [0.1, 0.15) is 61.1 Å². The highest BCUT2D eigenvalue weighted by molar-refractivity contribution is 6.07. The van der Waals surface area contributed by atoms with Gasteiger partial charge in [-0.15, -0.1) is 0 Å². The predicted molar refractivity (Wildman–Crippen MR) is 127 cm³/mol. The first kappa shape index (κ1) is 22.3. The van der Waals surface area contributed by atoms with Crippen LogP contribution in [-0.4, -0.2) is 51.8 Å². The van der Waals surface area contributed by atoms with Crippen molar-refractivity contribution in [1.82, 2.24) is 20.1 Å². The molecule has 0 saturated carbocycles. The fraction of sp³-hybridized carbons (Fsp3) is 0.480. The van der Waals surface area contributed by atoms with Crippen molar-refractivity contribution in [1.29, 1.82) is 0 Å². The maximum atomic E-state index is 14.1. The Bertz CT molecular complexity index is 1030. The zero-order valence-corrected chi connectivity index (χ0v) is 19.1. The summed E-state index contributed by atoms with van der Waals surface area (Å²) in [6.45, 7) is 6.97. The molecule has 4 rings (SSSR count). The molecule has 0 radical (unpaired) electrons. The van der Waals surface area contributed by atoms with E-state index in [1.165, 1.54) is 0 Å². The van der Waals surface area contributed by atoms with Gasteiger partial charge < -0.3 is 15.0 Å². The van der Waals surface area contributed by atoms with Gasteiger partial charge in [-0.05, 0) is 31.2 Å². The molecule has 2 aromatic heterocycles. The third-order valence-electron chi connectivity index (χ3n) is 6.08. The number of nitrogens with one attached hydrogen (secondary N) is 2. The third kappa shape index (κ3) is 4.93. The Morgan fingerprint density at radius 1 is 1.22 bits per heavy atom. The predicted octanol–water partition coefficient (Wildman–Crippen LogP) is 4.55. The number of fused-ring (bicyclic) bond motifs is 1. The third-order valence-corrected chi connectivity index (χ3v) is 6.08. The Balaban J connectivity index is 1.75. The van der Waals surface area contributed by atoms with Crippen LogP contribution in [0.2, 0.25) is 0 Å². The number of hydrogen-bond acceptors (Lipinski definition) is 5. The molecule has 1 aliphatic rings. The van der Waals surface area contributed by atoms with Gasteiger partial charge in [0, 0.05) is 32.3 Å². The minimum absolute atomic E-state index is 0.0318. The molecule has 1 amide bonds. The van der Waals surface area contributed by atoms with Crippen molar-refractivity contribution in [2.75, 3.05) is 25.1 Å². The van der Waals surface area contributed by atoms with Crippen molar-refractivity contribution in [3.05, 3.63) is 53.3 Å². The molecule has 7 heteroatoms. The quantitative estimate of drug-likeness (QED) is 0.515. The lowest BCUT2D eigenvalue weighted by molar-refractivity contribution is 0.0740. The van der Waals surface area contributed by atoms with Crippen LogP contribution in [0.15, 0.2) is 36.5 Å². The van der Waals surface area contributed by atoms with Crippen LogP contribution in [0, 0.1) is 0 Å². The standard InChI is InChI=1S/C25H33N5O2/c1-3-5-13-30(17-18-9-7-6-8-10-18)25(31)22-21(4-2)28-24-20(16-26-29-24)23(22)27-19-11-14-32-15-12-19/h6-10,16,19H,3-5,11-15,17H2,1-2H3,(H2,26,27,28,29). The lowest BCUT2D eigenvalue weighted by atomic mass is 10.0. The number of carbonyl (C=O) groups is 1. The van der Waals surface area contributed by atoms with Crippen molar-refractivity contribution in [2.45, 2.75) is 58.5 Å². The molecule has 0 atom stereocenters. The van der Waals surface area contributed by atoms with Crippen LogP contribution in [0.4, 0.5) is 5.69 Å². The van der Waals surface area contributed by atoms with Crippen LogP contribution in [0.25, 0.3) is 11.0 Å². The van der Waals surface area contributed by atoms with E-state index >= 15 is 0 Å². The van der Waals surface area contributed by atoms with Gasteiger partial charge >= 0.3 is 0 Å². The second-order valence-corrected chi connectivity index (χ2v) is 8.39. The summed E-state index contributed by atoms with van der Waals surface area (Å²) in [6, 6.07) is 10.5. The van der Waals surface area contributed by atoms with Crippen molar-refractivity contribution in [2.24, 2.45) is 0 Å². The maximum Gasteiger partial charge on any atom is 0.258 e. The van der Waals surface area contributed by atoms with Gasteiger partial charge in [-0.25, -0.2) is 4.98 Å². The molecule has 1 aromatic carbocycles. The number of aryl methyl sites for hydroxylation is 1. The molecule has 170 valence electrons. The molecule has 7 nitrogen and oxygen atoms in total. The number of H-pyrrole nitrogens is 1. The van der Waals surface area contributed by atoms with E-state index in [2.05, 4.69) is 34.6 Å². The summed E-state index contributed by atoms with van der Waals surface area (Å²) < 4.78 is 5.54. The molecule has 0 bridgehead atoms. The normalized spacial score (nSPS) is 14.6. The molecule has 0 unspecified atom stereocenters. The zero-order valence-electron chi connectivity index (χ0n) is 19.1. The fourth-order valence-corrected chi connectivity index (χ4v) is 4.26. The Morgan fingerprint density at radius 3 is 2.72 bits per heavy atom. The van der Waals surface area contributed by atoms with Crippen LogP contribution < -0.4 is 5.32 Å². The van der Waals surface area contributed by atoms with E-state index in [1.807, 2.05) is 30.0 Å². The number of ether oxygens (including phenoxy) is 1. The minimum atomic E-state index is 0.0318. The molecule has 1 aliphatic heterocycles. The Labute approximate surface area is 189 Å². The minimum Gasteiger partial charge on any atom is -0.381 e. The second-order valence-electron chi connectivity index (χ2n) is 8.39. The van der Waals surface area contributed by atoms with E-state index in [4.69, 9.17) is 9.72 Å². The number of amides is 1. The summed E-state index contributed by atoms with van der Waals surface area (Å²) in [5, 5.41) is 11.8. The molecule has 1 saturated heterocycles. The van der Waals surface area contributed by atoms with E-state index < -0.39 is 0 Å². The van der Waals surface area contributed by atoms with Gasteiger partial charge in [0.05, 0.1) is 28.5 Å². The second kappa shape index (κ2) is 10.6. The molecule has 2 N–H and O–H groups in total. The number of unbranched alkanes of at least 4 members (excludes halogenated alkanes) is 1. The number of benzene rings is 1. The monoisotopic (exact) mass is 435 g/mol. The molecular formula is C25H33N5O2. The van der Waals surface area contributed by atoms with Crippen molar-refractivity contribution in [3.63, 3.8) is 0 Å². The Hall–Kier alpha value is -2.93. The summed E-state index contributed by atoms with van der Waals surface area (Å²) >= 11 is 0. The van der Waals surface area contributed by atoms with Crippen LogP contribution in [0.3, 0.4) is 0 Å². The zero-order chi connectivity index (χ0) is 22.3. The Morgan fingerprint density at radius 2 is 2.00 bits per heavy atom.